The second kappa shape index (κ2) is 7.11. The van der Waals surface area contributed by atoms with Crippen LogP contribution < -0.4 is 10.1 Å². The number of carbonyl (C=O) groups is 1. The standard InChI is InChI=1S/C20H26N4O2/c1-14-7-5-6-11-24(14)12-10-21-20(25)18-16-13-26-17-9-4-3-8-15(17)19(16)23(2)22-18/h3-4,8-9,14H,5-7,10-13H2,1-2H3,(H,21,25)/t14-/m0/s1. The van der Waals surface area contributed by atoms with Gasteiger partial charge in [-0.15, -0.1) is 0 Å². The minimum absolute atomic E-state index is 0.116. The SMILES string of the molecule is C[C@H]1CCCCN1CCNC(=O)c1nn(C)c2c1COc1ccccc1-2. The summed E-state index contributed by atoms with van der Waals surface area (Å²) in [5, 5.41) is 7.52. The maximum absolute atomic E-state index is 12.7. The van der Waals surface area contributed by atoms with Gasteiger partial charge in [-0.25, -0.2) is 0 Å². The van der Waals surface area contributed by atoms with Crippen molar-refractivity contribution >= 4 is 5.91 Å². The lowest BCUT2D eigenvalue weighted by Crippen LogP contribution is -2.42. The fourth-order valence-corrected chi connectivity index (χ4v) is 4.05. The van der Waals surface area contributed by atoms with Gasteiger partial charge in [0.15, 0.2) is 5.69 Å². The summed E-state index contributed by atoms with van der Waals surface area (Å²) in [5.74, 6) is 0.725. The monoisotopic (exact) mass is 354 g/mol. The second-order valence-corrected chi connectivity index (χ2v) is 7.22. The molecule has 1 atom stereocenters. The third-order valence-electron chi connectivity index (χ3n) is 5.50. The summed E-state index contributed by atoms with van der Waals surface area (Å²) in [4.78, 5) is 15.2. The normalized spacial score (nSPS) is 19.4. The van der Waals surface area contributed by atoms with Gasteiger partial charge < -0.3 is 10.1 Å². The highest BCUT2D eigenvalue weighted by Crippen LogP contribution is 2.38. The fraction of sp³-hybridized carbons (Fsp3) is 0.500. The van der Waals surface area contributed by atoms with Crippen LogP contribution in [0.3, 0.4) is 0 Å². The molecule has 1 fully saturated rings. The Morgan fingerprint density at radius 3 is 3.04 bits per heavy atom. The number of piperidine rings is 1. The van der Waals surface area contributed by atoms with Crippen LogP contribution in [0.25, 0.3) is 11.3 Å². The molecule has 2 aliphatic heterocycles. The van der Waals surface area contributed by atoms with Crippen molar-refractivity contribution < 1.29 is 9.53 Å². The van der Waals surface area contributed by atoms with Gasteiger partial charge in [-0.2, -0.15) is 5.10 Å². The molecular formula is C20H26N4O2. The zero-order chi connectivity index (χ0) is 18.1. The maximum atomic E-state index is 12.7. The van der Waals surface area contributed by atoms with E-state index in [9.17, 15) is 4.79 Å². The van der Waals surface area contributed by atoms with Crippen LogP contribution in [-0.2, 0) is 13.7 Å². The number of hydrogen-bond donors (Lipinski definition) is 1. The minimum atomic E-state index is -0.116. The van der Waals surface area contributed by atoms with Gasteiger partial charge in [0.2, 0.25) is 0 Å². The van der Waals surface area contributed by atoms with Crippen LogP contribution in [0.1, 0.15) is 42.2 Å². The molecule has 0 spiro atoms. The van der Waals surface area contributed by atoms with Crippen molar-refractivity contribution in [1.82, 2.24) is 20.0 Å². The summed E-state index contributed by atoms with van der Waals surface area (Å²) in [6.45, 7) is 5.31. The number of aryl methyl sites for hydroxylation is 1. The Morgan fingerprint density at radius 2 is 2.19 bits per heavy atom. The minimum Gasteiger partial charge on any atom is -0.488 e. The molecule has 1 aromatic heterocycles. The number of ether oxygens (including phenoxy) is 1. The number of carbonyl (C=O) groups excluding carboxylic acids is 1. The second-order valence-electron chi connectivity index (χ2n) is 7.22. The van der Waals surface area contributed by atoms with Crippen molar-refractivity contribution in [1.29, 1.82) is 0 Å². The lowest BCUT2D eigenvalue weighted by atomic mass is 10.0. The van der Waals surface area contributed by atoms with E-state index in [4.69, 9.17) is 4.74 Å². The Kier molecular flexibility index (Phi) is 4.68. The van der Waals surface area contributed by atoms with E-state index in [1.165, 1.54) is 19.3 Å². The predicted molar refractivity (Wildman–Crippen MR) is 100 cm³/mol. The van der Waals surface area contributed by atoms with E-state index in [2.05, 4.69) is 22.2 Å². The van der Waals surface area contributed by atoms with Crippen molar-refractivity contribution in [2.24, 2.45) is 7.05 Å². The molecule has 1 saturated heterocycles. The molecule has 1 N–H and O–H groups in total. The lowest BCUT2D eigenvalue weighted by molar-refractivity contribution is 0.0930. The Bertz CT molecular complexity index is 814. The maximum Gasteiger partial charge on any atom is 0.272 e. The van der Waals surface area contributed by atoms with Crippen LogP contribution >= 0.6 is 0 Å². The third-order valence-corrected chi connectivity index (χ3v) is 5.50. The van der Waals surface area contributed by atoms with Gasteiger partial charge in [0.25, 0.3) is 5.91 Å². The molecule has 6 heteroatoms. The van der Waals surface area contributed by atoms with Crippen molar-refractivity contribution in [3.05, 3.63) is 35.5 Å². The van der Waals surface area contributed by atoms with Gasteiger partial charge in [0.05, 0.1) is 5.69 Å². The number of nitrogens with one attached hydrogen (secondary N) is 1. The van der Waals surface area contributed by atoms with Gasteiger partial charge in [-0.05, 0) is 38.4 Å². The number of aromatic nitrogens is 2. The zero-order valence-electron chi connectivity index (χ0n) is 15.5. The van der Waals surface area contributed by atoms with E-state index in [0.29, 0.717) is 24.9 Å². The first kappa shape index (κ1) is 17.1. The quantitative estimate of drug-likeness (QED) is 0.917. The van der Waals surface area contributed by atoms with E-state index >= 15 is 0 Å². The molecule has 0 unspecified atom stereocenters. The van der Waals surface area contributed by atoms with Gasteiger partial charge >= 0.3 is 0 Å². The molecule has 2 aromatic rings. The van der Waals surface area contributed by atoms with Gasteiger partial charge in [0.1, 0.15) is 12.4 Å². The molecule has 3 heterocycles. The summed E-state index contributed by atoms with van der Waals surface area (Å²) in [6, 6.07) is 8.49. The van der Waals surface area contributed by atoms with E-state index < -0.39 is 0 Å². The predicted octanol–water partition coefficient (Wildman–Crippen LogP) is 2.58. The van der Waals surface area contributed by atoms with E-state index in [0.717, 1.165) is 35.7 Å². The van der Waals surface area contributed by atoms with Crippen molar-refractivity contribution in [2.45, 2.75) is 38.8 Å². The van der Waals surface area contributed by atoms with E-state index in [-0.39, 0.29) is 5.91 Å². The van der Waals surface area contributed by atoms with Crippen LogP contribution in [-0.4, -0.2) is 46.3 Å². The Labute approximate surface area is 154 Å². The summed E-state index contributed by atoms with van der Waals surface area (Å²) in [6.07, 6.45) is 3.81. The molecule has 6 nitrogen and oxygen atoms in total. The molecule has 0 aliphatic carbocycles. The molecule has 2 aliphatic rings. The smallest absolute Gasteiger partial charge is 0.272 e. The zero-order valence-corrected chi connectivity index (χ0v) is 15.5. The van der Waals surface area contributed by atoms with Gasteiger partial charge in [0, 0.05) is 37.3 Å². The summed E-state index contributed by atoms with van der Waals surface area (Å²) in [5.41, 5.74) is 3.31. The lowest BCUT2D eigenvalue weighted by Gasteiger charge is -2.33. The Balaban J connectivity index is 1.46. The highest BCUT2D eigenvalue weighted by molar-refractivity contribution is 5.96. The van der Waals surface area contributed by atoms with Crippen molar-refractivity contribution in [2.75, 3.05) is 19.6 Å². The van der Waals surface area contributed by atoms with Gasteiger partial charge in [-0.1, -0.05) is 18.6 Å². The largest absolute Gasteiger partial charge is 0.488 e. The third kappa shape index (κ3) is 3.09. The first-order valence-corrected chi connectivity index (χ1v) is 9.45. The highest BCUT2D eigenvalue weighted by atomic mass is 16.5. The molecule has 0 radical (unpaired) electrons. The first-order chi connectivity index (χ1) is 12.6. The number of nitrogens with zero attached hydrogens (tertiary/aromatic N) is 3. The number of fused-ring (bicyclic) bond motifs is 3. The average Bonchev–Trinajstić information content (AvgIpc) is 3.00. The van der Waals surface area contributed by atoms with Crippen LogP contribution in [0.4, 0.5) is 0 Å². The molecular weight excluding hydrogens is 328 g/mol. The summed E-state index contributed by atoms with van der Waals surface area (Å²) in [7, 11) is 1.88. The van der Waals surface area contributed by atoms with Crippen molar-refractivity contribution in [3.63, 3.8) is 0 Å². The molecule has 4 rings (SSSR count). The molecule has 0 bridgehead atoms. The first-order valence-electron chi connectivity index (χ1n) is 9.45. The number of rotatable bonds is 4. The number of amides is 1. The number of likely N-dealkylation sites (tertiary alicyclic amines) is 1. The van der Waals surface area contributed by atoms with Crippen LogP contribution in [0.2, 0.25) is 0 Å². The Morgan fingerprint density at radius 1 is 1.35 bits per heavy atom. The van der Waals surface area contributed by atoms with Crippen LogP contribution in [0.15, 0.2) is 24.3 Å². The number of benzene rings is 1. The number of hydrogen-bond acceptors (Lipinski definition) is 4. The van der Waals surface area contributed by atoms with E-state index in [1.54, 1.807) is 4.68 Å². The molecule has 138 valence electrons. The molecule has 0 saturated carbocycles. The summed E-state index contributed by atoms with van der Waals surface area (Å²) < 4.78 is 7.62. The average molecular weight is 354 g/mol. The van der Waals surface area contributed by atoms with Crippen LogP contribution in [0, 0.1) is 0 Å². The molecule has 26 heavy (non-hydrogen) atoms. The highest BCUT2D eigenvalue weighted by Gasteiger charge is 2.28. The van der Waals surface area contributed by atoms with Gasteiger partial charge in [-0.3, -0.25) is 14.4 Å². The topological polar surface area (TPSA) is 59.4 Å². The molecule has 1 amide bonds. The van der Waals surface area contributed by atoms with Crippen LogP contribution in [0.5, 0.6) is 5.75 Å². The van der Waals surface area contributed by atoms with Crippen molar-refractivity contribution in [3.8, 4) is 17.0 Å². The summed E-state index contributed by atoms with van der Waals surface area (Å²) >= 11 is 0. The van der Waals surface area contributed by atoms with E-state index in [1.807, 2.05) is 31.3 Å². The fourth-order valence-electron chi connectivity index (χ4n) is 4.05. The number of para-hydroxylation sites is 1. The Hall–Kier alpha value is -2.34. The molecule has 1 aromatic carbocycles.